The average Bonchev–Trinajstić information content (AvgIpc) is 2.37. The van der Waals surface area contributed by atoms with Gasteiger partial charge in [0.25, 0.3) is 6.08 Å². The molecule has 0 radical (unpaired) electrons. The van der Waals surface area contributed by atoms with Crippen LogP contribution in [0.4, 0.5) is 8.78 Å². The molecule has 0 spiro atoms. The van der Waals surface area contributed by atoms with E-state index in [2.05, 4.69) is 27.7 Å². The Labute approximate surface area is 98.1 Å². The van der Waals surface area contributed by atoms with Crippen molar-refractivity contribution in [3.63, 3.8) is 0 Å². The summed E-state index contributed by atoms with van der Waals surface area (Å²) in [6.45, 7) is 8.90. The Morgan fingerprint density at radius 1 is 1.19 bits per heavy atom. The Kier molecular flexibility index (Phi) is 4.52. The predicted octanol–water partition coefficient (Wildman–Crippen LogP) is 5.40. The third kappa shape index (κ3) is 3.29. The van der Waals surface area contributed by atoms with Gasteiger partial charge in [0.1, 0.15) is 0 Å². The molecule has 0 aromatic heterocycles. The van der Waals surface area contributed by atoms with E-state index < -0.39 is 6.08 Å². The molecule has 1 fully saturated rings. The van der Waals surface area contributed by atoms with Gasteiger partial charge in [-0.25, -0.2) is 0 Å². The molecule has 0 aromatic carbocycles. The first-order chi connectivity index (χ1) is 7.36. The van der Waals surface area contributed by atoms with Crippen LogP contribution in [0.1, 0.15) is 59.8 Å². The molecule has 1 saturated carbocycles. The first-order valence-electron chi connectivity index (χ1n) is 6.39. The van der Waals surface area contributed by atoms with E-state index in [4.69, 9.17) is 0 Å². The fourth-order valence-corrected chi connectivity index (χ4v) is 3.07. The third-order valence-electron chi connectivity index (χ3n) is 4.05. The van der Waals surface area contributed by atoms with Crippen molar-refractivity contribution in [3.05, 3.63) is 11.7 Å². The third-order valence-corrected chi connectivity index (χ3v) is 4.05. The van der Waals surface area contributed by atoms with E-state index in [0.717, 1.165) is 19.3 Å². The van der Waals surface area contributed by atoms with E-state index >= 15 is 0 Å². The summed E-state index contributed by atoms with van der Waals surface area (Å²) in [6.07, 6.45) is 2.75. The largest absolute Gasteiger partial charge is 0.269 e. The van der Waals surface area contributed by atoms with Gasteiger partial charge in [-0.1, -0.05) is 34.1 Å². The Hall–Kier alpha value is -0.400. The van der Waals surface area contributed by atoms with E-state index in [0.29, 0.717) is 30.3 Å². The van der Waals surface area contributed by atoms with Crippen molar-refractivity contribution in [1.82, 2.24) is 0 Å². The van der Waals surface area contributed by atoms with Crippen molar-refractivity contribution in [2.45, 2.75) is 59.8 Å². The molecule has 0 saturated heterocycles. The molecule has 0 bridgehead atoms. The minimum absolute atomic E-state index is 0.239. The minimum atomic E-state index is -1.43. The Balaban J connectivity index is 2.83. The lowest BCUT2D eigenvalue weighted by molar-refractivity contribution is 0.143. The summed E-state index contributed by atoms with van der Waals surface area (Å²) in [5.41, 5.74) is 0.647. The Morgan fingerprint density at radius 3 is 2.19 bits per heavy atom. The number of rotatable bonds is 1. The smallest absolute Gasteiger partial charge is 0.173 e. The molecule has 1 aliphatic rings. The zero-order chi connectivity index (χ0) is 12.3. The van der Waals surface area contributed by atoms with E-state index in [1.54, 1.807) is 0 Å². The van der Waals surface area contributed by atoms with Gasteiger partial charge in [0.05, 0.1) is 0 Å². The number of hydrogen-bond acceptors (Lipinski definition) is 0. The first-order valence-corrected chi connectivity index (χ1v) is 6.39. The summed E-state index contributed by atoms with van der Waals surface area (Å²) in [5.74, 6) is 1.19. The molecular weight excluding hydrogens is 206 g/mol. The quantitative estimate of drug-likeness (QED) is 0.529. The second kappa shape index (κ2) is 5.29. The van der Waals surface area contributed by atoms with Crippen molar-refractivity contribution in [1.29, 1.82) is 0 Å². The zero-order valence-corrected chi connectivity index (χ0v) is 10.9. The van der Waals surface area contributed by atoms with Gasteiger partial charge in [0.15, 0.2) is 0 Å². The molecule has 1 rings (SSSR count). The van der Waals surface area contributed by atoms with Crippen LogP contribution in [0, 0.1) is 17.3 Å². The predicted molar refractivity (Wildman–Crippen MR) is 64.4 cm³/mol. The van der Waals surface area contributed by atoms with Gasteiger partial charge in [-0.05, 0) is 48.5 Å². The van der Waals surface area contributed by atoms with Crippen LogP contribution in [0.5, 0.6) is 0 Å². The maximum absolute atomic E-state index is 12.6. The molecule has 2 atom stereocenters. The number of hydrogen-bond donors (Lipinski definition) is 0. The second-order valence-electron chi connectivity index (χ2n) is 6.08. The molecule has 0 heterocycles. The summed E-state index contributed by atoms with van der Waals surface area (Å²) in [6, 6.07) is 0. The highest BCUT2D eigenvalue weighted by molar-refractivity contribution is 5.05. The highest BCUT2D eigenvalue weighted by atomic mass is 19.3. The van der Waals surface area contributed by atoms with Crippen molar-refractivity contribution >= 4 is 0 Å². The van der Waals surface area contributed by atoms with Gasteiger partial charge in [0.2, 0.25) is 0 Å². The van der Waals surface area contributed by atoms with Gasteiger partial charge in [-0.15, -0.1) is 0 Å². The molecule has 0 aliphatic heterocycles. The van der Waals surface area contributed by atoms with Gasteiger partial charge in [-0.2, -0.15) is 8.78 Å². The normalized spacial score (nSPS) is 27.8. The van der Waals surface area contributed by atoms with Crippen LogP contribution in [0.3, 0.4) is 0 Å². The van der Waals surface area contributed by atoms with Crippen LogP contribution < -0.4 is 0 Å². The summed E-state index contributed by atoms with van der Waals surface area (Å²) >= 11 is 0. The van der Waals surface area contributed by atoms with E-state index in [1.807, 2.05) is 0 Å². The lowest BCUT2D eigenvalue weighted by Crippen LogP contribution is -2.27. The van der Waals surface area contributed by atoms with Crippen LogP contribution in [0.15, 0.2) is 11.7 Å². The monoisotopic (exact) mass is 230 g/mol. The minimum Gasteiger partial charge on any atom is -0.173 e. The lowest BCUT2D eigenvalue weighted by atomic mass is 9.70. The summed E-state index contributed by atoms with van der Waals surface area (Å²) in [5, 5.41) is 0. The van der Waals surface area contributed by atoms with Crippen molar-refractivity contribution in [2.24, 2.45) is 17.3 Å². The van der Waals surface area contributed by atoms with E-state index in [9.17, 15) is 8.78 Å². The first kappa shape index (κ1) is 13.7. The van der Waals surface area contributed by atoms with Crippen LogP contribution >= 0.6 is 0 Å². The van der Waals surface area contributed by atoms with Crippen molar-refractivity contribution in [3.8, 4) is 0 Å². The Bertz CT molecular complexity index is 256. The fraction of sp³-hybridized carbons (Fsp3) is 0.857. The van der Waals surface area contributed by atoms with Crippen molar-refractivity contribution < 1.29 is 8.78 Å². The second-order valence-corrected chi connectivity index (χ2v) is 6.08. The molecule has 0 nitrogen and oxygen atoms in total. The standard InChI is InChI=1S/C14H24F2/c1-5-10-6-7-11(13(15)16)8-9-12(10)14(2,3)4/h10,12H,5-9H2,1-4H3. The summed E-state index contributed by atoms with van der Waals surface area (Å²) in [4.78, 5) is 0. The van der Waals surface area contributed by atoms with Gasteiger partial charge in [-0.3, -0.25) is 0 Å². The summed E-state index contributed by atoms with van der Waals surface area (Å²) in [7, 11) is 0. The zero-order valence-electron chi connectivity index (χ0n) is 10.9. The number of allylic oxidation sites excluding steroid dienone is 1. The molecular formula is C14H24F2. The highest BCUT2D eigenvalue weighted by Crippen LogP contribution is 2.43. The highest BCUT2D eigenvalue weighted by Gasteiger charge is 2.33. The molecule has 0 amide bonds. The molecule has 2 unspecified atom stereocenters. The average molecular weight is 230 g/mol. The maximum Gasteiger partial charge on any atom is 0.269 e. The van der Waals surface area contributed by atoms with Crippen LogP contribution in [0.25, 0.3) is 0 Å². The SMILES string of the molecule is CCC1CCC(=C(F)F)CCC1C(C)(C)C. The molecule has 2 heteroatoms. The van der Waals surface area contributed by atoms with Crippen LogP contribution in [-0.2, 0) is 0 Å². The van der Waals surface area contributed by atoms with E-state index in [1.165, 1.54) is 0 Å². The van der Waals surface area contributed by atoms with E-state index in [-0.39, 0.29) is 5.41 Å². The molecule has 94 valence electrons. The molecule has 16 heavy (non-hydrogen) atoms. The molecule has 1 aliphatic carbocycles. The summed E-state index contributed by atoms with van der Waals surface area (Å²) < 4.78 is 25.3. The number of halogens is 2. The van der Waals surface area contributed by atoms with Gasteiger partial charge < -0.3 is 0 Å². The van der Waals surface area contributed by atoms with Crippen molar-refractivity contribution in [2.75, 3.05) is 0 Å². The molecule has 0 aromatic rings. The Morgan fingerprint density at radius 2 is 1.75 bits per heavy atom. The topological polar surface area (TPSA) is 0 Å². The van der Waals surface area contributed by atoms with Gasteiger partial charge in [0, 0.05) is 0 Å². The lowest BCUT2D eigenvalue weighted by Gasteiger charge is -2.35. The van der Waals surface area contributed by atoms with Crippen LogP contribution in [-0.4, -0.2) is 0 Å². The fourth-order valence-electron chi connectivity index (χ4n) is 3.07. The van der Waals surface area contributed by atoms with Crippen LogP contribution in [0.2, 0.25) is 0 Å². The molecule has 0 N–H and O–H groups in total. The maximum atomic E-state index is 12.6. The van der Waals surface area contributed by atoms with Gasteiger partial charge >= 0.3 is 0 Å².